The molecule has 3 nitrogen and oxygen atoms in total. The molecule has 0 unspecified atom stereocenters. The number of hydrogen-bond donors (Lipinski definition) is 0. The first-order chi connectivity index (χ1) is 9.63. The fourth-order valence-electron chi connectivity index (χ4n) is 3.13. The summed E-state index contributed by atoms with van der Waals surface area (Å²) in [6.45, 7) is 6.40. The molecule has 20 heavy (non-hydrogen) atoms. The number of ether oxygens (including phenoxy) is 3. The highest BCUT2D eigenvalue weighted by Gasteiger charge is 2.47. The lowest BCUT2D eigenvalue weighted by atomic mass is 9.60. The van der Waals surface area contributed by atoms with E-state index < -0.39 is 0 Å². The maximum atomic E-state index is 6.16. The van der Waals surface area contributed by atoms with Gasteiger partial charge >= 0.3 is 0 Å². The zero-order valence-electron chi connectivity index (χ0n) is 12.8. The van der Waals surface area contributed by atoms with Gasteiger partial charge in [-0.15, -0.1) is 0 Å². The maximum Gasteiger partial charge on any atom is 0.146 e. The third kappa shape index (κ3) is 4.05. The summed E-state index contributed by atoms with van der Waals surface area (Å²) < 4.78 is 16.4. The van der Waals surface area contributed by atoms with Crippen molar-refractivity contribution in [3.05, 3.63) is 35.9 Å². The zero-order valence-corrected chi connectivity index (χ0v) is 12.8. The summed E-state index contributed by atoms with van der Waals surface area (Å²) in [5.74, 6) is 0.602. The van der Waals surface area contributed by atoms with Crippen molar-refractivity contribution in [3.8, 4) is 0 Å². The lowest BCUT2D eigenvalue weighted by Crippen LogP contribution is -2.50. The summed E-state index contributed by atoms with van der Waals surface area (Å²) in [4.78, 5) is 0. The average molecular weight is 278 g/mol. The first-order valence-electron chi connectivity index (χ1n) is 7.35. The van der Waals surface area contributed by atoms with E-state index in [0.29, 0.717) is 25.4 Å². The molecule has 0 amide bonds. The third-order valence-electron chi connectivity index (χ3n) is 4.09. The summed E-state index contributed by atoms with van der Waals surface area (Å²) in [7, 11) is 1.65. The fraction of sp³-hybridized carbons (Fsp3) is 0.647. The Hall–Kier alpha value is -0.900. The van der Waals surface area contributed by atoms with Gasteiger partial charge in [0.2, 0.25) is 0 Å². The van der Waals surface area contributed by atoms with Gasteiger partial charge in [-0.25, -0.2) is 0 Å². The molecule has 0 radical (unpaired) electrons. The van der Waals surface area contributed by atoms with Gasteiger partial charge in [0, 0.05) is 13.7 Å². The lowest BCUT2D eigenvalue weighted by Gasteiger charge is -2.51. The molecule has 0 N–H and O–H groups in total. The SMILES string of the molecule is COCOCC[C@H]1CC(C)(C)[C@@H]1OCc1ccccc1. The molecule has 112 valence electrons. The van der Waals surface area contributed by atoms with Crippen LogP contribution < -0.4 is 0 Å². The Morgan fingerprint density at radius 2 is 1.95 bits per heavy atom. The summed E-state index contributed by atoms with van der Waals surface area (Å²) in [6.07, 6.45) is 2.59. The van der Waals surface area contributed by atoms with Crippen molar-refractivity contribution in [2.45, 2.75) is 39.4 Å². The molecule has 0 heterocycles. The van der Waals surface area contributed by atoms with Crippen LogP contribution in [0.4, 0.5) is 0 Å². The van der Waals surface area contributed by atoms with Crippen molar-refractivity contribution in [1.82, 2.24) is 0 Å². The molecule has 2 atom stereocenters. The van der Waals surface area contributed by atoms with Gasteiger partial charge in [0.1, 0.15) is 6.79 Å². The van der Waals surface area contributed by atoms with Crippen LogP contribution in [0, 0.1) is 11.3 Å². The predicted molar refractivity (Wildman–Crippen MR) is 79.4 cm³/mol. The van der Waals surface area contributed by atoms with Crippen LogP contribution in [0.25, 0.3) is 0 Å². The molecule has 0 aliphatic heterocycles. The van der Waals surface area contributed by atoms with E-state index in [1.807, 2.05) is 6.07 Å². The van der Waals surface area contributed by atoms with E-state index >= 15 is 0 Å². The van der Waals surface area contributed by atoms with Crippen LogP contribution in [0.15, 0.2) is 30.3 Å². The first-order valence-corrected chi connectivity index (χ1v) is 7.35. The van der Waals surface area contributed by atoms with Crippen LogP contribution in [0.1, 0.15) is 32.3 Å². The van der Waals surface area contributed by atoms with Crippen molar-refractivity contribution in [2.75, 3.05) is 20.5 Å². The van der Waals surface area contributed by atoms with E-state index in [1.54, 1.807) is 7.11 Å². The molecule has 0 saturated heterocycles. The summed E-state index contributed by atoms with van der Waals surface area (Å²) in [5.41, 5.74) is 1.52. The topological polar surface area (TPSA) is 27.7 Å². The van der Waals surface area contributed by atoms with Gasteiger partial charge in [-0.1, -0.05) is 44.2 Å². The second-order valence-electron chi connectivity index (χ2n) is 6.27. The van der Waals surface area contributed by atoms with E-state index in [-0.39, 0.29) is 5.41 Å². The third-order valence-corrected chi connectivity index (χ3v) is 4.09. The van der Waals surface area contributed by atoms with Crippen molar-refractivity contribution >= 4 is 0 Å². The highest BCUT2D eigenvalue weighted by molar-refractivity contribution is 5.13. The van der Waals surface area contributed by atoms with E-state index in [0.717, 1.165) is 13.0 Å². The van der Waals surface area contributed by atoms with Crippen LogP contribution in [-0.2, 0) is 20.8 Å². The number of hydrogen-bond acceptors (Lipinski definition) is 3. The van der Waals surface area contributed by atoms with Crippen molar-refractivity contribution in [3.63, 3.8) is 0 Å². The number of methoxy groups -OCH3 is 1. The molecule has 1 fully saturated rings. The normalized spacial score (nSPS) is 24.4. The van der Waals surface area contributed by atoms with Crippen LogP contribution in [0.5, 0.6) is 0 Å². The Kier molecular flexibility index (Phi) is 5.58. The Morgan fingerprint density at radius 1 is 1.20 bits per heavy atom. The minimum Gasteiger partial charge on any atom is -0.373 e. The van der Waals surface area contributed by atoms with Gasteiger partial charge in [0.05, 0.1) is 12.7 Å². The van der Waals surface area contributed by atoms with Gasteiger partial charge < -0.3 is 14.2 Å². The molecule has 1 aromatic carbocycles. The van der Waals surface area contributed by atoms with Crippen LogP contribution in [0.3, 0.4) is 0 Å². The maximum absolute atomic E-state index is 6.16. The Labute approximate surface area is 122 Å². The molecule has 0 bridgehead atoms. The van der Waals surface area contributed by atoms with Crippen LogP contribution >= 0.6 is 0 Å². The second kappa shape index (κ2) is 7.21. The highest BCUT2D eigenvalue weighted by Crippen LogP contribution is 2.48. The molecule has 1 aromatic rings. The van der Waals surface area contributed by atoms with Crippen molar-refractivity contribution < 1.29 is 14.2 Å². The largest absolute Gasteiger partial charge is 0.373 e. The molecule has 2 rings (SSSR count). The molecule has 1 saturated carbocycles. The molecule has 0 spiro atoms. The van der Waals surface area contributed by atoms with Gasteiger partial charge in [0.15, 0.2) is 0 Å². The molecule has 1 aliphatic carbocycles. The number of benzene rings is 1. The molecule has 1 aliphatic rings. The average Bonchev–Trinajstić information content (AvgIpc) is 2.43. The van der Waals surface area contributed by atoms with Gasteiger partial charge in [0.25, 0.3) is 0 Å². The standard InChI is InChI=1S/C17H26O3/c1-17(2)11-15(9-10-19-13-18-3)16(17)20-12-14-7-5-4-6-8-14/h4-8,15-16H,9-13H2,1-3H3/t15-,16+/m0/s1. The monoisotopic (exact) mass is 278 g/mol. The Bertz CT molecular complexity index is 388. The van der Waals surface area contributed by atoms with Crippen molar-refractivity contribution in [1.29, 1.82) is 0 Å². The Morgan fingerprint density at radius 3 is 2.60 bits per heavy atom. The van der Waals surface area contributed by atoms with Gasteiger partial charge in [-0.05, 0) is 29.7 Å². The molecule has 3 heteroatoms. The fourth-order valence-corrected chi connectivity index (χ4v) is 3.13. The minimum absolute atomic E-state index is 0.278. The smallest absolute Gasteiger partial charge is 0.146 e. The minimum atomic E-state index is 0.278. The summed E-state index contributed by atoms with van der Waals surface area (Å²) in [6, 6.07) is 10.4. The highest BCUT2D eigenvalue weighted by atomic mass is 16.7. The summed E-state index contributed by atoms with van der Waals surface area (Å²) in [5, 5.41) is 0. The molecular formula is C17H26O3. The van der Waals surface area contributed by atoms with E-state index in [4.69, 9.17) is 14.2 Å². The molecular weight excluding hydrogens is 252 g/mol. The predicted octanol–water partition coefficient (Wildman–Crippen LogP) is 3.63. The second-order valence-corrected chi connectivity index (χ2v) is 6.27. The quantitative estimate of drug-likeness (QED) is 0.537. The molecule has 0 aromatic heterocycles. The first kappa shape index (κ1) is 15.5. The van der Waals surface area contributed by atoms with E-state index in [1.165, 1.54) is 12.0 Å². The van der Waals surface area contributed by atoms with Gasteiger partial charge in [-0.2, -0.15) is 0 Å². The van der Waals surface area contributed by atoms with E-state index in [2.05, 4.69) is 38.1 Å². The lowest BCUT2D eigenvalue weighted by molar-refractivity contribution is -0.157. The van der Waals surface area contributed by atoms with Crippen LogP contribution in [-0.4, -0.2) is 26.6 Å². The van der Waals surface area contributed by atoms with E-state index in [9.17, 15) is 0 Å². The summed E-state index contributed by atoms with van der Waals surface area (Å²) >= 11 is 0. The van der Waals surface area contributed by atoms with Crippen LogP contribution in [0.2, 0.25) is 0 Å². The Balaban J connectivity index is 1.77. The van der Waals surface area contributed by atoms with Gasteiger partial charge in [-0.3, -0.25) is 0 Å². The van der Waals surface area contributed by atoms with Crippen molar-refractivity contribution in [2.24, 2.45) is 11.3 Å². The zero-order chi connectivity index (χ0) is 14.4. The number of rotatable bonds is 8.